The van der Waals surface area contributed by atoms with Crippen molar-refractivity contribution in [3.63, 3.8) is 0 Å². The van der Waals surface area contributed by atoms with Crippen molar-refractivity contribution in [3.8, 4) is 5.75 Å². The number of hydrogen-bond donors (Lipinski definition) is 1. The van der Waals surface area contributed by atoms with Gasteiger partial charge in [-0.2, -0.15) is 0 Å². The summed E-state index contributed by atoms with van der Waals surface area (Å²) in [7, 11) is -3.63. The van der Waals surface area contributed by atoms with Gasteiger partial charge in [-0.3, -0.25) is 9.10 Å². The maximum Gasteiger partial charge on any atom is 0.241 e. The number of ether oxygens (including phenoxy) is 1. The molecule has 0 unspecified atom stereocenters. The molecule has 2 aromatic rings. The Labute approximate surface area is 179 Å². The molecule has 0 aliphatic carbocycles. The molecule has 0 saturated carbocycles. The number of fused-ring (bicyclic) bond motifs is 1. The summed E-state index contributed by atoms with van der Waals surface area (Å²) in [4.78, 5) is 13.0. The molecular weight excluding hydrogens is 400 g/mol. The Morgan fingerprint density at radius 3 is 2.40 bits per heavy atom. The predicted molar refractivity (Wildman–Crippen MR) is 119 cm³/mol. The van der Waals surface area contributed by atoms with Gasteiger partial charge in [0.1, 0.15) is 17.9 Å². The highest BCUT2D eigenvalue weighted by atomic mass is 32.2. The summed E-state index contributed by atoms with van der Waals surface area (Å²) in [5.41, 5.74) is 3.91. The Balaban J connectivity index is 1.87. The lowest BCUT2D eigenvalue weighted by Crippen LogP contribution is -2.45. The first-order valence-corrected chi connectivity index (χ1v) is 11.8. The van der Waals surface area contributed by atoms with Gasteiger partial charge >= 0.3 is 0 Å². The molecule has 162 valence electrons. The minimum absolute atomic E-state index is 0.253. The van der Waals surface area contributed by atoms with Gasteiger partial charge in [-0.15, -0.1) is 0 Å². The standard InChI is InChI=1S/C23H30N2O4S/c1-15-7-9-20(17(3)11-15)25(30(6,27)28)14-22(26)24-19-13-23(4,5)29-21-10-8-16(2)12-18(19)21/h7-12,19H,13-14H2,1-6H3,(H,24,26)/t19-/m0/s1. The van der Waals surface area contributed by atoms with E-state index in [9.17, 15) is 13.2 Å². The van der Waals surface area contributed by atoms with Crippen LogP contribution in [0.25, 0.3) is 0 Å². The Morgan fingerprint density at radius 2 is 1.77 bits per heavy atom. The third-order valence-corrected chi connectivity index (χ3v) is 6.39. The van der Waals surface area contributed by atoms with E-state index in [0.717, 1.165) is 34.3 Å². The quantitative estimate of drug-likeness (QED) is 0.783. The van der Waals surface area contributed by atoms with Gasteiger partial charge in [-0.1, -0.05) is 35.4 Å². The molecule has 2 aromatic carbocycles. The number of amides is 1. The number of hydrogen-bond acceptors (Lipinski definition) is 4. The maximum absolute atomic E-state index is 13.0. The highest BCUT2D eigenvalue weighted by molar-refractivity contribution is 7.92. The molecule has 1 N–H and O–H groups in total. The Hall–Kier alpha value is -2.54. The Kier molecular flexibility index (Phi) is 5.87. The lowest BCUT2D eigenvalue weighted by Gasteiger charge is -2.38. The molecular formula is C23H30N2O4S. The molecule has 0 radical (unpaired) electrons. The van der Waals surface area contributed by atoms with Crippen LogP contribution in [0.15, 0.2) is 36.4 Å². The smallest absolute Gasteiger partial charge is 0.241 e. The summed E-state index contributed by atoms with van der Waals surface area (Å²) >= 11 is 0. The largest absolute Gasteiger partial charge is 0.487 e. The summed E-state index contributed by atoms with van der Waals surface area (Å²) < 4.78 is 32.2. The van der Waals surface area contributed by atoms with E-state index in [4.69, 9.17) is 4.74 Å². The Bertz CT molecular complexity index is 1080. The highest BCUT2D eigenvalue weighted by Gasteiger charge is 2.35. The molecule has 30 heavy (non-hydrogen) atoms. The van der Waals surface area contributed by atoms with Crippen LogP contribution in [-0.2, 0) is 14.8 Å². The van der Waals surface area contributed by atoms with Gasteiger partial charge in [0.15, 0.2) is 0 Å². The van der Waals surface area contributed by atoms with Gasteiger partial charge in [0.2, 0.25) is 15.9 Å². The number of aryl methyl sites for hydroxylation is 3. The van der Waals surface area contributed by atoms with Crippen molar-refractivity contribution in [2.45, 2.75) is 52.7 Å². The first kappa shape index (κ1) is 22.2. The number of nitrogens with zero attached hydrogens (tertiary/aromatic N) is 1. The minimum Gasteiger partial charge on any atom is -0.487 e. The zero-order chi connectivity index (χ0) is 22.3. The van der Waals surface area contributed by atoms with Crippen LogP contribution in [0, 0.1) is 20.8 Å². The monoisotopic (exact) mass is 430 g/mol. The molecule has 0 saturated heterocycles. The highest BCUT2D eigenvalue weighted by Crippen LogP contribution is 2.39. The molecule has 1 heterocycles. The molecule has 0 aromatic heterocycles. The van der Waals surface area contributed by atoms with E-state index in [0.29, 0.717) is 12.1 Å². The van der Waals surface area contributed by atoms with Crippen LogP contribution in [0.4, 0.5) is 5.69 Å². The van der Waals surface area contributed by atoms with Crippen LogP contribution < -0.4 is 14.4 Å². The molecule has 0 spiro atoms. The van der Waals surface area contributed by atoms with E-state index in [-0.39, 0.29) is 18.5 Å². The lowest BCUT2D eigenvalue weighted by molar-refractivity contribution is -0.120. The summed E-state index contributed by atoms with van der Waals surface area (Å²) in [6, 6.07) is 11.2. The van der Waals surface area contributed by atoms with Crippen LogP contribution in [0.3, 0.4) is 0 Å². The molecule has 0 bridgehead atoms. The second-order valence-corrected chi connectivity index (χ2v) is 10.7. The fraction of sp³-hybridized carbons (Fsp3) is 0.435. The van der Waals surface area contributed by atoms with Gasteiger partial charge in [0.25, 0.3) is 0 Å². The number of carbonyl (C=O) groups is 1. The summed E-state index contributed by atoms with van der Waals surface area (Å²) in [6.45, 7) is 9.46. The average Bonchev–Trinajstić information content (AvgIpc) is 2.59. The molecule has 3 rings (SSSR count). The second kappa shape index (κ2) is 7.95. The van der Waals surface area contributed by atoms with Crippen molar-refractivity contribution >= 4 is 21.6 Å². The maximum atomic E-state index is 13.0. The molecule has 1 aliphatic heterocycles. The topological polar surface area (TPSA) is 75.7 Å². The van der Waals surface area contributed by atoms with Crippen LogP contribution in [0.5, 0.6) is 5.75 Å². The number of sulfonamides is 1. The SMILES string of the molecule is Cc1ccc(N(CC(=O)N[C@H]2CC(C)(C)Oc3ccc(C)cc32)S(C)(=O)=O)c(C)c1. The van der Waals surface area contributed by atoms with Crippen molar-refractivity contribution < 1.29 is 17.9 Å². The minimum atomic E-state index is -3.63. The van der Waals surface area contributed by atoms with Gasteiger partial charge in [-0.25, -0.2) is 8.42 Å². The summed E-state index contributed by atoms with van der Waals surface area (Å²) in [6.07, 6.45) is 1.72. The number of anilines is 1. The van der Waals surface area contributed by atoms with Crippen LogP contribution in [0.1, 0.15) is 48.6 Å². The normalized spacial score (nSPS) is 17.6. The molecule has 7 heteroatoms. The molecule has 0 fully saturated rings. The molecule has 1 atom stereocenters. The van der Waals surface area contributed by atoms with Crippen LogP contribution in [0.2, 0.25) is 0 Å². The van der Waals surface area contributed by atoms with Gasteiger partial charge in [-0.05, 0) is 52.3 Å². The van der Waals surface area contributed by atoms with Gasteiger partial charge in [0, 0.05) is 12.0 Å². The first-order chi connectivity index (χ1) is 13.9. The van der Waals surface area contributed by atoms with E-state index >= 15 is 0 Å². The van der Waals surface area contributed by atoms with E-state index in [1.807, 2.05) is 65.0 Å². The molecule has 6 nitrogen and oxygen atoms in total. The first-order valence-electron chi connectivity index (χ1n) is 10.00. The second-order valence-electron chi connectivity index (χ2n) is 8.79. The summed E-state index contributed by atoms with van der Waals surface area (Å²) in [5.74, 6) is 0.395. The third-order valence-electron chi connectivity index (χ3n) is 5.27. The van der Waals surface area contributed by atoms with Crippen molar-refractivity contribution in [3.05, 3.63) is 58.7 Å². The fourth-order valence-electron chi connectivity index (χ4n) is 3.94. The van der Waals surface area contributed by atoms with Gasteiger partial charge < -0.3 is 10.1 Å². The Morgan fingerprint density at radius 1 is 1.13 bits per heavy atom. The van der Waals surface area contributed by atoms with E-state index in [1.54, 1.807) is 6.07 Å². The molecule has 1 amide bonds. The van der Waals surface area contributed by atoms with Crippen LogP contribution in [-0.4, -0.2) is 32.7 Å². The van der Waals surface area contributed by atoms with E-state index in [2.05, 4.69) is 5.32 Å². The predicted octanol–water partition coefficient (Wildman–Crippen LogP) is 3.80. The zero-order valence-electron chi connectivity index (χ0n) is 18.4. The number of rotatable bonds is 5. The number of nitrogens with one attached hydrogen (secondary N) is 1. The lowest BCUT2D eigenvalue weighted by atomic mass is 9.89. The number of benzene rings is 2. The van der Waals surface area contributed by atoms with E-state index in [1.165, 1.54) is 4.31 Å². The van der Waals surface area contributed by atoms with Crippen molar-refractivity contribution in [2.75, 3.05) is 17.1 Å². The third kappa shape index (κ3) is 4.95. The van der Waals surface area contributed by atoms with Crippen molar-refractivity contribution in [2.24, 2.45) is 0 Å². The van der Waals surface area contributed by atoms with Gasteiger partial charge in [0.05, 0.1) is 18.0 Å². The summed E-state index contributed by atoms with van der Waals surface area (Å²) in [5, 5.41) is 3.04. The molecule has 1 aliphatic rings. The average molecular weight is 431 g/mol. The van der Waals surface area contributed by atoms with Crippen molar-refractivity contribution in [1.29, 1.82) is 0 Å². The number of carbonyl (C=O) groups excluding carboxylic acids is 1. The van der Waals surface area contributed by atoms with Crippen molar-refractivity contribution in [1.82, 2.24) is 5.32 Å². The van der Waals surface area contributed by atoms with E-state index < -0.39 is 15.6 Å². The van der Waals surface area contributed by atoms with Crippen LogP contribution >= 0.6 is 0 Å². The fourth-order valence-corrected chi connectivity index (χ4v) is 4.85. The zero-order valence-corrected chi connectivity index (χ0v) is 19.3.